The summed E-state index contributed by atoms with van der Waals surface area (Å²) >= 11 is 3.99. The first kappa shape index (κ1) is 13.8. The first-order valence-electron chi connectivity index (χ1n) is 5.38. The quantitative estimate of drug-likeness (QED) is 0.595. The fourth-order valence-corrected chi connectivity index (χ4v) is 2.17. The van der Waals surface area contributed by atoms with Crippen molar-refractivity contribution in [3.05, 3.63) is 0 Å². The zero-order valence-corrected chi connectivity index (χ0v) is 10.4. The van der Waals surface area contributed by atoms with Crippen molar-refractivity contribution in [1.82, 2.24) is 10.2 Å². The molecular weight excluding hydrogens is 244 g/mol. The van der Waals surface area contributed by atoms with Crippen LogP contribution in [0.3, 0.4) is 0 Å². The number of nitrogens with one attached hydrogen (secondary N) is 1. The van der Waals surface area contributed by atoms with Crippen LogP contribution in [0.1, 0.15) is 19.8 Å². The Labute approximate surface area is 105 Å². The molecule has 6 nitrogen and oxygen atoms in total. The molecule has 1 aliphatic rings. The molecule has 0 saturated carbocycles. The van der Waals surface area contributed by atoms with Gasteiger partial charge in [-0.1, -0.05) is 0 Å². The minimum absolute atomic E-state index is 0.154. The average Bonchev–Trinajstić information content (AvgIpc) is 2.73. The second-order valence-corrected chi connectivity index (χ2v) is 4.33. The largest absolute Gasteiger partial charge is 0.480 e. The third-order valence-electron chi connectivity index (χ3n) is 2.68. The number of amides is 2. The molecule has 2 N–H and O–H groups in total. The number of hydrogen-bond acceptors (Lipinski definition) is 4. The molecule has 0 aromatic heterocycles. The van der Waals surface area contributed by atoms with Crippen molar-refractivity contribution in [3.63, 3.8) is 0 Å². The average molecular weight is 260 g/mol. The summed E-state index contributed by atoms with van der Waals surface area (Å²) in [5.74, 6) is -1.55. The number of carbonyl (C=O) groups excluding carboxylic acids is 2. The van der Waals surface area contributed by atoms with Gasteiger partial charge in [-0.05, 0) is 12.8 Å². The summed E-state index contributed by atoms with van der Waals surface area (Å²) in [6.07, 6.45) is 1.13. The second-order valence-electron chi connectivity index (χ2n) is 3.96. The lowest BCUT2D eigenvalue weighted by Gasteiger charge is -2.26. The molecule has 0 spiro atoms. The van der Waals surface area contributed by atoms with Crippen molar-refractivity contribution in [1.29, 1.82) is 0 Å². The minimum atomic E-state index is -1.00. The van der Waals surface area contributed by atoms with Crippen molar-refractivity contribution in [2.24, 2.45) is 0 Å². The summed E-state index contributed by atoms with van der Waals surface area (Å²) in [4.78, 5) is 35.2. The third-order valence-corrected chi connectivity index (χ3v) is 3.04. The molecule has 1 heterocycles. The number of carboxylic acid groups (broad SMARTS) is 1. The van der Waals surface area contributed by atoms with Gasteiger partial charge in [0.25, 0.3) is 0 Å². The van der Waals surface area contributed by atoms with Crippen LogP contribution in [0.2, 0.25) is 0 Å². The van der Waals surface area contributed by atoms with Crippen LogP contribution in [0.15, 0.2) is 0 Å². The Kier molecular flexibility index (Phi) is 4.80. The predicted octanol–water partition coefficient (Wildman–Crippen LogP) is -0.504. The number of hydrogen-bond donors (Lipinski definition) is 3. The molecule has 0 bridgehead atoms. The number of nitrogens with zero attached hydrogens (tertiary/aromatic N) is 1. The van der Waals surface area contributed by atoms with E-state index in [2.05, 4.69) is 17.9 Å². The monoisotopic (exact) mass is 260 g/mol. The lowest BCUT2D eigenvalue weighted by atomic mass is 10.2. The second kappa shape index (κ2) is 5.90. The Morgan fingerprint density at radius 2 is 2.18 bits per heavy atom. The highest BCUT2D eigenvalue weighted by molar-refractivity contribution is 7.80. The first-order valence-corrected chi connectivity index (χ1v) is 6.02. The molecule has 2 amide bonds. The molecular formula is C10H16N2O4S. The highest BCUT2D eigenvalue weighted by Gasteiger charge is 2.36. The Morgan fingerprint density at radius 1 is 1.53 bits per heavy atom. The number of carboxylic acids is 1. The van der Waals surface area contributed by atoms with E-state index in [0.29, 0.717) is 19.4 Å². The summed E-state index contributed by atoms with van der Waals surface area (Å²) in [6.45, 7) is 1.72. The Morgan fingerprint density at radius 3 is 2.65 bits per heavy atom. The minimum Gasteiger partial charge on any atom is -0.480 e. The Balaban J connectivity index is 2.73. The lowest BCUT2D eigenvalue weighted by Crippen LogP contribution is -2.52. The van der Waals surface area contributed by atoms with E-state index in [1.807, 2.05) is 0 Å². The molecule has 1 aliphatic heterocycles. The topological polar surface area (TPSA) is 86.7 Å². The Bertz CT molecular complexity index is 334. The Hall–Kier alpha value is -1.24. The molecule has 0 aromatic carbocycles. The van der Waals surface area contributed by atoms with Gasteiger partial charge in [0, 0.05) is 19.2 Å². The highest BCUT2D eigenvalue weighted by Crippen LogP contribution is 2.18. The van der Waals surface area contributed by atoms with Gasteiger partial charge in [0.05, 0.1) is 0 Å². The maximum Gasteiger partial charge on any atom is 0.326 e. The van der Waals surface area contributed by atoms with Crippen molar-refractivity contribution < 1.29 is 19.5 Å². The summed E-state index contributed by atoms with van der Waals surface area (Å²) in [5.41, 5.74) is 0. The zero-order valence-electron chi connectivity index (χ0n) is 9.55. The van der Waals surface area contributed by atoms with Crippen LogP contribution in [-0.2, 0) is 14.4 Å². The van der Waals surface area contributed by atoms with Gasteiger partial charge in [0.1, 0.15) is 12.1 Å². The summed E-state index contributed by atoms with van der Waals surface area (Å²) in [6, 6.07) is -1.53. The van der Waals surface area contributed by atoms with Gasteiger partial charge >= 0.3 is 5.97 Å². The highest BCUT2D eigenvalue weighted by atomic mass is 32.1. The van der Waals surface area contributed by atoms with Crippen LogP contribution in [0.25, 0.3) is 0 Å². The number of aliphatic carboxylic acids is 1. The van der Waals surface area contributed by atoms with Crippen molar-refractivity contribution in [2.75, 3.05) is 12.3 Å². The normalized spacial score (nSPS) is 21.1. The van der Waals surface area contributed by atoms with Gasteiger partial charge < -0.3 is 15.3 Å². The maximum absolute atomic E-state index is 12.0. The van der Waals surface area contributed by atoms with Crippen molar-refractivity contribution >= 4 is 30.4 Å². The number of rotatable bonds is 4. The molecule has 96 valence electrons. The van der Waals surface area contributed by atoms with Crippen LogP contribution in [0.4, 0.5) is 0 Å². The van der Waals surface area contributed by atoms with Crippen LogP contribution in [0.5, 0.6) is 0 Å². The van der Waals surface area contributed by atoms with E-state index in [9.17, 15) is 14.4 Å². The van der Waals surface area contributed by atoms with E-state index in [4.69, 9.17) is 5.11 Å². The molecule has 0 aliphatic carbocycles. The SMILES string of the molecule is CC(=O)NC(CS)C(=O)N1CCCC1C(=O)O. The van der Waals surface area contributed by atoms with Gasteiger partial charge in [-0.3, -0.25) is 9.59 Å². The first-order chi connectivity index (χ1) is 7.97. The van der Waals surface area contributed by atoms with Gasteiger partial charge in [-0.15, -0.1) is 0 Å². The predicted molar refractivity (Wildman–Crippen MR) is 63.8 cm³/mol. The summed E-state index contributed by atoms with van der Waals surface area (Å²) in [5, 5.41) is 11.4. The van der Waals surface area contributed by atoms with Crippen molar-refractivity contribution in [3.8, 4) is 0 Å². The van der Waals surface area contributed by atoms with E-state index < -0.39 is 18.1 Å². The maximum atomic E-state index is 12.0. The van der Waals surface area contributed by atoms with E-state index in [-0.39, 0.29) is 17.6 Å². The molecule has 1 fully saturated rings. The fraction of sp³-hybridized carbons (Fsp3) is 0.700. The molecule has 1 rings (SSSR count). The standard InChI is InChI=1S/C10H16N2O4S/c1-6(13)11-7(5-17)9(14)12-4-2-3-8(12)10(15)16/h7-8,17H,2-5H2,1H3,(H,11,13)(H,15,16). The van der Waals surface area contributed by atoms with Crippen LogP contribution in [-0.4, -0.2) is 52.2 Å². The molecule has 2 atom stereocenters. The van der Waals surface area contributed by atoms with Gasteiger partial charge in [-0.2, -0.15) is 12.6 Å². The molecule has 1 saturated heterocycles. The van der Waals surface area contributed by atoms with Gasteiger partial charge in [0.15, 0.2) is 0 Å². The molecule has 0 radical (unpaired) electrons. The van der Waals surface area contributed by atoms with Crippen LogP contribution in [0, 0.1) is 0 Å². The fourth-order valence-electron chi connectivity index (χ4n) is 1.92. The smallest absolute Gasteiger partial charge is 0.326 e. The molecule has 7 heteroatoms. The van der Waals surface area contributed by atoms with Crippen molar-refractivity contribution in [2.45, 2.75) is 31.8 Å². The third kappa shape index (κ3) is 3.36. The number of thiol groups is 1. The number of likely N-dealkylation sites (tertiary alicyclic amines) is 1. The molecule has 0 aromatic rings. The van der Waals surface area contributed by atoms with E-state index in [1.165, 1.54) is 11.8 Å². The number of carbonyl (C=O) groups is 3. The van der Waals surface area contributed by atoms with Crippen LogP contribution >= 0.6 is 12.6 Å². The lowest BCUT2D eigenvalue weighted by molar-refractivity contribution is -0.149. The van der Waals surface area contributed by atoms with Crippen LogP contribution < -0.4 is 5.32 Å². The molecule has 17 heavy (non-hydrogen) atoms. The van der Waals surface area contributed by atoms with E-state index in [0.717, 1.165) is 0 Å². The van der Waals surface area contributed by atoms with Gasteiger partial charge in [-0.25, -0.2) is 4.79 Å². The van der Waals surface area contributed by atoms with E-state index >= 15 is 0 Å². The van der Waals surface area contributed by atoms with E-state index in [1.54, 1.807) is 0 Å². The zero-order chi connectivity index (χ0) is 13.0. The summed E-state index contributed by atoms with van der Waals surface area (Å²) < 4.78 is 0. The molecule has 2 unspecified atom stereocenters. The summed E-state index contributed by atoms with van der Waals surface area (Å²) in [7, 11) is 0. The van der Waals surface area contributed by atoms with Gasteiger partial charge in [0.2, 0.25) is 11.8 Å².